The van der Waals surface area contributed by atoms with Gasteiger partial charge in [0.15, 0.2) is 0 Å². The lowest BCUT2D eigenvalue weighted by Crippen LogP contribution is -2.53. The zero-order valence-corrected chi connectivity index (χ0v) is 20.1. The number of hydrogen-bond donors (Lipinski definition) is 1. The standard InChI is InChI=1S/C25H32F3N5O2/c1-23(17-33(22(29)34)20-12-30-21(31-13-20)25(26,27)28)8-10-24(11-9-23,19-6-4-3-5-7-19)32(2)14-18-15-35-16-18/h3-7,12-13,18H,8-11,14-17H2,1-2H3,(H2,29,34). The van der Waals surface area contributed by atoms with E-state index in [1.165, 1.54) is 10.5 Å². The van der Waals surface area contributed by atoms with Crippen molar-refractivity contribution in [3.63, 3.8) is 0 Å². The number of carbonyl (C=O) groups is 1. The number of halogens is 3. The maximum atomic E-state index is 12.9. The lowest BCUT2D eigenvalue weighted by molar-refractivity contribution is -0.144. The molecule has 0 atom stereocenters. The van der Waals surface area contributed by atoms with E-state index in [0.29, 0.717) is 5.92 Å². The summed E-state index contributed by atoms with van der Waals surface area (Å²) in [6.07, 6.45) is 0.771. The van der Waals surface area contributed by atoms with Crippen LogP contribution in [0, 0.1) is 11.3 Å². The highest BCUT2D eigenvalue weighted by atomic mass is 19.4. The molecule has 1 saturated carbocycles. The van der Waals surface area contributed by atoms with Crippen molar-refractivity contribution < 1.29 is 22.7 Å². The number of rotatable bonds is 7. The van der Waals surface area contributed by atoms with Crippen molar-refractivity contribution in [1.29, 1.82) is 0 Å². The van der Waals surface area contributed by atoms with Crippen LogP contribution in [0.1, 0.15) is 44.0 Å². The zero-order valence-electron chi connectivity index (χ0n) is 20.1. The largest absolute Gasteiger partial charge is 0.451 e. The van der Waals surface area contributed by atoms with Crippen molar-refractivity contribution in [3.8, 4) is 0 Å². The van der Waals surface area contributed by atoms with Gasteiger partial charge in [-0.05, 0) is 43.7 Å². The van der Waals surface area contributed by atoms with Gasteiger partial charge in [0, 0.05) is 24.5 Å². The van der Waals surface area contributed by atoms with E-state index in [9.17, 15) is 18.0 Å². The molecule has 1 saturated heterocycles. The molecule has 0 radical (unpaired) electrons. The summed E-state index contributed by atoms with van der Waals surface area (Å²) >= 11 is 0. The second-order valence-electron chi connectivity index (χ2n) is 10.2. The van der Waals surface area contributed by atoms with Crippen LogP contribution in [0.2, 0.25) is 0 Å². The number of anilines is 1. The maximum Gasteiger partial charge on any atom is 0.451 e. The predicted octanol–water partition coefficient (Wildman–Crippen LogP) is 4.43. The summed E-state index contributed by atoms with van der Waals surface area (Å²) in [7, 11) is 2.17. The van der Waals surface area contributed by atoms with Crippen LogP contribution in [0.25, 0.3) is 0 Å². The lowest BCUT2D eigenvalue weighted by Gasteiger charge is -2.52. The fourth-order valence-electron chi connectivity index (χ4n) is 5.30. The molecule has 7 nitrogen and oxygen atoms in total. The molecule has 1 aromatic heterocycles. The molecule has 4 rings (SSSR count). The highest BCUT2D eigenvalue weighted by molar-refractivity contribution is 5.90. The van der Waals surface area contributed by atoms with Crippen molar-refractivity contribution in [2.75, 3.05) is 38.3 Å². The first kappa shape index (κ1) is 25.4. The second-order valence-corrected chi connectivity index (χ2v) is 10.2. The van der Waals surface area contributed by atoms with Crippen LogP contribution in [0.3, 0.4) is 0 Å². The SMILES string of the molecule is CN(CC1COC1)C1(c2ccccc2)CCC(C)(CN(C(N)=O)c2cnc(C(F)(F)F)nc2)CC1. The van der Waals surface area contributed by atoms with E-state index in [4.69, 9.17) is 10.5 Å². The number of primary amides is 1. The van der Waals surface area contributed by atoms with Crippen LogP contribution in [0.4, 0.5) is 23.7 Å². The third-order valence-corrected chi connectivity index (χ3v) is 7.57. The minimum Gasteiger partial charge on any atom is -0.381 e. The van der Waals surface area contributed by atoms with Crippen LogP contribution in [-0.2, 0) is 16.5 Å². The van der Waals surface area contributed by atoms with Crippen LogP contribution >= 0.6 is 0 Å². The number of aromatic nitrogens is 2. The molecule has 0 bridgehead atoms. The van der Waals surface area contributed by atoms with Gasteiger partial charge in [0.1, 0.15) is 0 Å². The molecular weight excluding hydrogens is 459 g/mol. The van der Waals surface area contributed by atoms with Crippen molar-refractivity contribution in [3.05, 3.63) is 54.1 Å². The number of carbonyl (C=O) groups excluding carboxylic acids is 1. The summed E-state index contributed by atoms with van der Waals surface area (Å²) in [5.41, 5.74) is 6.66. The van der Waals surface area contributed by atoms with Gasteiger partial charge in [-0.3, -0.25) is 9.80 Å². The van der Waals surface area contributed by atoms with Crippen molar-refractivity contribution in [1.82, 2.24) is 14.9 Å². The van der Waals surface area contributed by atoms with Gasteiger partial charge in [0.2, 0.25) is 5.82 Å². The fourth-order valence-corrected chi connectivity index (χ4v) is 5.30. The molecule has 2 fully saturated rings. The van der Waals surface area contributed by atoms with E-state index in [2.05, 4.69) is 53.1 Å². The Morgan fingerprint density at radius 1 is 1.11 bits per heavy atom. The van der Waals surface area contributed by atoms with E-state index < -0.39 is 18.0 Å². The normalized spacial score (nSPS) is 25.3. The number of benzene rings is 1. The number of nitrogens with zero attached hydrogens (tertiary/aromatic N) is 4. The molecule has 1 aliphatic heterocycles. The topological polar surface area (TPSA) is 84.6 Å². The highest BCUT2D eigenvalue weighted by Crippen LogP contribution is 2.49. The number of nitrogens with two attached hydrogens (primary N) is 1. The number of amides is 2. The molecule has 1 aliphatic carbocycles. The van der Waals surface area contributed by atoms with Gasteiger partial charge in [-0.2, -0.15) is 13.2 Å². The second kappa shape index (κ2) is 9.73. The molecule has 2 heterocycles. The van der Waals surface area contributed by atoms with Gasteiger partial charge in [-0.1, -0.05) is 37.3 Å². The molecule has 190 valence electrons. The Hall–Kier alpha value is -2.72. The molecular formula is C25H32F3N5O2. The first-order valence-corrected chi connectivity index (χ1v) is 11.8. The van der Waals surface area contributed by atoms with Crippen LogP contribution in [0.15, 0.2) is 42.7 Å². The highest BCUT2D eigenvalue weighted by Gasteiger charge is 2.45. The van der Waals surface area contributed by atoms with Gasteiger partial charge >= 0.3 is 12.2 Å². The first-order valence-electron chi connectivity index (χ1n) is 11.8. The van der Waals surface area contributed by atoms with Gasteiger partial charge in [0.05, 0.1) is 31.3 Å². The average molecular weight is 492 g/mol. The van der Waals surface area contributed by atoms with E-state index in [1.54, 1.807) is 0 Å². The van der Waals surface area contributed by atoms with Crippen molar-refractivity contribution in [2.45, 2.75) is 44.3 Å². The average Bonchev–Trinajstić information content (AvgIpc) is 2.80. The maximum absolute atomic E-state index is 12.9. The minimum absolute atomic E-state index is 0.134. The summed E-state index contributed by atoms with van der Waals surface area (Å²) in [6.45, 7) is 4.90. The summed E-state index contributed by atoms with van der Waals surface area (Å²) in [5, 5.41) is 0. The molecule has 1 aromatic carbocycles. The van der Waals surface area contributed by atoms with Gasteiger partial charge < -0.3 is 10.5 Å². The number of ether oxygens (including phenoxy) is 1. The van der Waals surface area contributed by atoms with Crippen molar-refractivity contribution in [2.24, 2.45) is 17.1 Å². The van der Waals surface area contributed by atoms with Crippen molar-refractivity contribution >= 4 is 11.7 Å². The summed E-state index contributed by atoms with van der Waals surface area (Å²) in [6, 6.07) is 9.74. The Bertz CT molecular complexity index is 1000. The quantitative estimate of drug-likeness (QED) is 0.619. The van der Waals surface area contributed by atoms with E-state index in [1.807, 2.05) is 6.07 Å². The number of alkyl halides is 3. The third-order valence-electron chi connectivity index (χ3n) is 7.57. The van der Waals surface area contributed by atoms with Gasteiger partial charge in [-0.25, -0.2) is 14.8 Å². The van der Waals surface area contributed by atoms with E-state index in [-0.39, 0.29) is 23.2 Å². The summed E-state index contributed by atoms with van der Waals surface area (Å²) in [4.78, 5) is 22.8. The molecule has 10 heteroatoms. The van der Waals surface area contributed by atoms with E-state index >= 15 is 0 Å². The minimum atomic E-state index is -4.65. The zero-order chi connectivity index (χ0) is 25.3. The first-order chi connectivity index (χ1) is 16.5. The summed E-state index contributed by atoms with van der Waals surface area (Å²) in [5.74, 6) is -0.721. The molecule has 2 N–H and O–H groups in total. The number of urea groups is 1. The molecule has 0 unspecified atom stereocenters. The third kappa shape index (κ3) is 5.43. The molecule has 35 heavy (non-hydrogen) atoms. The molecule has 2 amide bonds. The van der Waals surface area contributed by atoms with Gasteiger partial charge in [0.25, 0.3) is 0 Å². The van der Waals surface area contributed by atoms with Crippen LogP contribution in [-0.4, -0.2) is 54.2 Å². The summed E-state index contributed by atoms with van der Waals surface area (Å²) < 4.78 is 43.9. The van der Waals surface area contributed by atoms with Gasteiger partial charge in [-0.15, -0.1) is 0 Å². The smallest absolute Gasteiger partial charge is 0.381 e. The Labute approximate surface area is 203 Å². The molecule has 2 aromatic rings. The van der Waals surface area contributed by atoms with Crippen LogP contribution in [0.5, 0.6) is 0 Å². The van der Waals surface area contributed by atoms with E-state index in [0.717, 1.165) is 57.8 Å². The monoisotopic (exact) mass is 491 g/mol. The Kier molecular flexibility index (Phi) is 7.06. The molecule has 2 aliphatic rings. The molecule has 0 spiro atoms. The predicted molar refractivity (Wildman–Crippen MR) is 126 cm³/mol. The lowest BCUT2D eigenvalue weighted by atomic mass is 9.65. The Balaban J connectivity index is 1.52. The Morgan fingerprint density at radius 2 is 1.71 bits per heavy atom. The Morgan fingerprint density at radius 3 is 2.20 bits per heavy atom. The number of hydrogen-bond acceptors (Lipinski definition) is 5. The van der Waals surface area contributed by atoms with Crippen LogP contribution < -0.4 is 10.6 Å². The fraction of sp³-hybridized carbons (Fsp3) is 0.560.